The number of carbonyl (C=O) groups is 2. The lowest BCUT2D eigenvalue weighted by Crippen LogP contribution is -2.34. The van der Waals surface area contributed by atoms with Crippen molar-refractivity contribution < 1.29 is 61.0 Å². The molecule has 1 aromatic heterocycles. The van der Waals surface area contributed by atoms with E-state index in [1.807, 2.05) is 0 Å². The van der Waals surface area contributed by atoms with Crippen LogP contribution in [0.5, 0.6) is 5.75 Å². The van der Waals surface area contributed by atoms with E-state index in [9.17, 15) is 33.2 Å². The lowest BCUT2D eigenvalue weighted by Gasteiger charge is -2.18. The average Bonchev–Trinajstić information content (AvgIpc) is 3.56. The van der Waals surface area contributed by atoms with Crippen LogP contribution in [0.4, 0.5) is 0 Å². The standard InChI is InChI=1S/C28H35N11O15P2/c29-6-8-33-26(41)18-3-1-5-20(11-18)50-16-24(36-38-31)49-10-9-48-15-23(40)32-7-2-4-19-13-39(28(43)35-27(19)42)25-12-21(51-17-34-37-30)22(53-25)14-52-56(46,47)54-55(44)45/h1,3,5,11,13,21-22,24-25H,6-10,12,14-17,29H2,(H4-,32,33,35,40,41,42,43,44,45,46,47)/p+1. The minimum atomic E-state index is -4.99. The first kappa shape index (κ1) is 45.2. The van der Waals surface area contributed by atoms with Crippen LogP contribution in [0.15, 0.2) is 50.3 Å². The fourth-order valence-electron chi connectivity index (χ4n) is 4.52. The number of phosphoric ester groups is 1. The molecular formula is C28H36N11O15P2+. The van der Waals surface area contributed by atoms with Gasteiger partial charge in [-0.1, -0.05) is 28.1 Å². The van der Waals surface area contributed by atoms with E-state index >= 15 is 0 Å². The lowest BCUT2D eigenvalue weighted by molar-refractivity contribution is -0.126. The molecule has 0 bridgehead atoms. The van der Waals surface area contributed by atoms with Crippen molar-refractivity contribution in [3.05, 3.63) is 83.3 Å². The van der Waals surface area contributed by atoms with Gasteiger partial charge in [0.25, 0.3) is 11.5 Å². The number of amides is 2. The molecule has 56 heavy (non-hydrogen) atoms. The molecule has 1 aliphatic rings. The van der Waals surface area contributed by atoms with Gasteiger partial charge in [-0.3, -0.25) is 33.4 Å². The SMILES string of the molecule is [N-]=[N+]=NCOC1CC(n2cc(C#CCNC(=O)COCCOC(COc3cccc(C(=O)NCCN)c3)N=[N+]=[N-])c(=O)[nH]c2=O)OC1COP(=O)(O)O[P+](=O)O. The number of rotatable bonds is 23. The Balaban J connectivity index is 1.47. The number of ether oxygens (including phenoxy) is 5. The van der Waals surface area contributed by atoms with Crippen LogP contribution in [0.2, 0.25) is 0 Å². The predicted molar refractivity (Wildman–Crippen MR) is 188 cm³/mol. The molecule has 0 spiro atoms. The van der Waals surface area contributed by atoms with Crippen LogP contribution in [-0.4, -0.2) is 109 Å². The maximum Gasteiger partial charge on any atom is 0.705 e. The quantitative estimate of drug-likeness (QED) is 0.0217. The summed E-state index contributed by atoms with van der Waals surface area (Å²) in [4.78, 5) is 75.0. The zero-order valence-corrected chi connectivity index (χ0v) is 30.9. The van der Waals surface area contributed by atoms with Crippen LogP contribution >= 0.6 is 16.1 Å². The molecule has 6 atom stereocenters. The minimum Gasteiger partial charge on any atom is -0.491 e. The number of azide groups is 2. The van der Waals surface area contributed by atoms with Gasteiger partial charge in [-0.2, -0.15) is 0 Å². The second kappa shape index (κ2) is 23.7. The maximum absolute atomic E-state index is 12.6. The van der Waals surface area contributed by atoms with Gasteiger partial charge < -0.3 is 40.1 Å². The van der Waals surface area contributed by atoms with E-state index in [0.29, 0.717) is 17.9 Å². The van der Waals surface area contributed by atoms with Crippen molar-refractivity contribution in [2.75, 3.05) is 59.4 Å². The number of hydrogen-bond acceptors (Lipinski definition) is 16. The Kier molecular flexibility index (Phi) is 19.1. The molecule has 2 heterocycles. The first-order valence-corrected chi connectivity index (χ1v) is 18.6. The Labute approximate surface area is 316 Å². The third-order valence-corrected chi connectivity index (χ3v) is 8.77. The maximum atomic E-state index is 12.6. The summed E-state index contributed by atoms with van der Waals surface area (Å²) < 4.78 is 59.6. The van der Waals surface area contributed by atoms with Crippen molar-refractivity contribution in [2.45, 2.75) is 31.1 Å². The molecule has 302 valence electrons. The number of hydrogen-bond donors (Lipinski definition) is 6. The second-order valence-electron chi connectivity index (χ2n) is 10.8. The fraction of sp³-hybridized carbons (Fsp3) is 0.500. The molecule has 28 heteroatoms. The van der Waals surface area contributed by atoms with Gasteiger partial charge in [0, 0.05) is 45.7 Å². The van der Waals surface area contributed by atoms with Gasteiger partial charge in [-0.05, 0) is 33.6 Å². The van der Waals surface area contributed by atoms with Gasteiger partial charge in [0.2, 0.25) is 5.91 Å². The number of nitrogens with one attached hydrogen (secondary N) is 3. The van der Waals surface area contributed by atoms with Crippen LogP contribution < -0.4 is 32.4 Å². The van der Waals surface area contributed by atoms with Crippen LogP contribution in [-0.2, 0) is 41.7 Å². The van der Waals surface area contributed by atoms with Crippen molar-refractivity contribution in [3.63, 3.8) is 0 Å². The summed E-state index contributed by atoms with van der Waals surface area (Å²) in [7, 11) is -8.48. The highest BCUT2D eigenvalue weighted by atomic mass is 31.2. The van der Waals surface area contributed by atoms with E-state index in [1.165, 1.54) is 6.07 Å². The van der Waals surface area contributed by atoms with Gasteiger partial charge in [-0.25, -0.2) is 9.36 Å². The van der Waals surface area contributed by atoms with Crippen LogP contribution in [0.3, 0.4) is 0 Å². The van der Waals surface area contributed by atoms with E-state index in [1.54, 1.807) is 18.2 Å². The first-order chi connectivity index (χ1) is 26.8. The number of aromatic nitrogens is 2. The lowest BCUT2D eigenvalue weighted by atomic mass is 10.2. The smallest absolute Gasteiger partial charge is 0.491 e. The molecule has 7 N–H and O–H groups in total. The molecule has 0 radical (unpaired) electrons. The van der Waals surface area contributed by atoms with E-state index < -0.39 is 77.8 Å². The van der Waals surface area contributed by atoms with E-state index in [2.05, 4.69) is 56.3 Å². The number of nitrogens with two attached hydrogens (primary N) is 1. The molecule has 26 nitrogen and oxygen atoms in total. The molecular weight excluding hydrogens is 792 g/mol. The largest absolute Gasteiger partial charge is 0.705 e. The van der Waals surface area contributed by atoms with Crippen LogP contribution in [0.25, 0.3) is 20.9 Å². The molecule has 1 aliphatic heterocycles. The molecule has 1 saturated heterocycles. The third kappa shape index (κ3) is 15.9. The molecule has 0 saturated carbocycles. The van der Waals surface area contributed by atoms with E-state index in [0.717, 1.165) is 10.8 Å². The van der Waals surface area contributed by atoms with Crippen LogP contribution in [0.1, 0.15) is 28.6 Å². The summed E-state index contributed by atoms with van der Waals surface area (Å²) in [5.74, 6) is 4.49. The molecule has 0 aliphatic carbocycles. The first-order valence-electron chi connectivity index (χ1n) is 16.0. The highest BCUT2D eigenvalue weighted by Crippen LogP contribution is 2.51. The topological polar surface area (TPSA) is 376 Å². The Morgan fingerprint density at radius 3 is 2.79 bits per heavy atom. The Hall–Kier alpha value is -5.21. The number of H-pyrrole nitrogens is 1. The van der Waals surface area contributed by atoms with Crippen molar-refractivity contribution in [1.82, 2.24) is 20.2 Å². The highest BCUT2D eigenvalue weighted by Gasteiger charge is 2.41. The van der Waals surface area contributed by atoms with Crippen molar-refractivity contribution >= 4 is 27.9 Å². The number of benzene rings is 1. The van der Waals surface area contributed by atoms with Crippen molar-refractivity contribution in [1.29, 1.82) is 0 Å². The number of carbonyl (C=O) groups excluding carboxylic acids is 2. The zero-order chi connectivity index (χ0) is 40.9. The Bertz CT molecular complexity index is 2010. The van der Waals surface area contributed by atoms with Crippen LogP contribution in [0, 0.1) is 11.8 Å². The second-order valence-corrected chi connectivity index (χ2v) is 13.1. The predicted octanol–water partition coefficient (Wildman–Crippen LogP) is 0.165. The van der Waals surface area contributed by atoms with E-state index in [-0.39, 0.29) is 50.8 Å². The summed E-state index contributed by atoms with van der Waals surface area (Å²) in [5, 5.41) is 11.8. The highest BCUT2D eigenvalue weighted by molar-refractivity contribution is 7.55. The average molecular weight is 829 g/mol. The van der Waals surface area contributed by atoms with Gasteiger partial charge >= 0.3 is 21.8 Å². The number of nitrogens with zero attached hydrogens (tertiary/aromatic N) is 7. The van der Waals surface area contributed by atoms with Crippen molar-refractivity contribution in [2.24, 2.45) is 16.0 Å². The number of phosphoric acid groups is 1. The molecule has 3 rings (SSSR count). The Morgan fingerprint density at radius 1 is 1.25 bits per heavy atom. The molecule has 1 fully saturated rings. The van der Waals surface area contributed by atoms with Crippen molar-refractivity contribution in [3.8, 4) is 17.6 Å². The Morgan fingerprint density at radius 2 is 2.05 bits per heavy atom. The van der Waals surface area contributed by atoms with Gasteiger partial charge in [-0.15, -0.1) is 4.89 Å². The normalized spacial score (nSPS) is 17.8. The third-order valence-electron chi connectivity index (χ3n) is 6.91. The van der Waals surface area contributed by atoms with Gasteiger partial charge in [0.05, 0.1) is 32.5 Å². The summed E-state index contributed by atoms with van der Waals surface area (Å²) in [6.45, 7) is -1.61. The summed E-state index contributed by atoms with van der Waals surface area (Å²) in [5.41, 5.74) is 21.2. The molecule has 2 aromatic rings. The number of aromatic amines is 1. The minimum absolute atomic E-state index is 0.0744. The fourth-order valence-corrected chi connectivity index (χ4v) is 5.75. The molecule has 2 amide bonds. The summed E-state index contributed by atoms with van der Waals surface area (Å²) in [6, 6.07) is 6.30. The summed E-state index contributed by atoms with van der Waals surface area (Å²) in [6.07, 6.45) is -3.44. The van der Waals surface area contributed by atoms with Gasteiger partial charge in [0.1, 0.15) is 43.6 Å². The zero-order valence-electron chi connectivity index (χ0n) is 29.1. The summed E-state index contributed by atoms with van der Waals surface area (Å²) >= 11 is 0. The molecule has 6 unspecified atom stereocenters. The van der Waals surface area contributed by atoms with Gasteiger partial charge in [0.15, 0.2) is 6.23 Å². The monoisotopic (exact) mass is 828 g/mol. The molecule has 1 aromatic carbocycles. The van der Waals surface area contributed by atoms with E-state index in [4.69, 9.17) is 45.4 Å².